The second kappa shape index (κ2) is 3.58. The zero-order chi connectivity index (χ0) is 12.0. The molecule has 1 aliphatic heterocycles. The molecule has 0 bridgehead atoms. The molecule has 2 N–H and O–H groups in total. The summed E-state index contributed by atoms with van der Waals surface area (Å²) < 4.78 is 13.7. The number of aliphatic carboxylic acids is 1. The Morgan fingerprint density at radius 1 is 1.47 bits per heavy atom. The number of allylic oxidation sites excluding steroid dienone is 2. The van der Waals surface area contributed by atoms with Crippen LogP contribution < -0.4 is 5.32 Å². The first-order chi connectivity index (χ1) is 8.18. The minimum Gasteiger partial charge on any atom is -0.480 e. The van der Waals surface area contributed by atoms with Crippen molar-refractivity contribution in [1.82, 2.24) is 0 Å². The van der Waals surface area contributed by atoms with Gasteiger partial charge in [-0.3, -0.25) is 0 Å². The van der Waals surface area contributed by atoms with E-state index in [2.05, 4.69) is 5.32 Å². The Bertz CT molecular complexity index is 512. The minimum atomic E-state index is -0.919. The lowest BCUT2D eigenvalue weighted by Gasteiger charge is -2.34. The van der Waals surface area contributed by atoms with Gasteiger partial charge >= 0.3 is 5.97 Å². The van der Waals surface area contributed by atoms with Crippen LogP contribution in [0.1, 0.15) is 17.9 Å². The zero-order valence-electron chi connectivity index (χ0n) is 9.06. The highest BCUT2D eigenvalue weighted by molar-refractivity contribution is 5.80. The van der Waals surface area contributed by atoms with E-state index in [-0.39, 0.29) is 17.7 Å². The first-order valence-electron chi connectivity index (χ1n) is 5.63. The number of anilines is 1. The number of carboxylic acids is 1. The number of rotatable bonds is 1. The molecule has 0 saturated heterocycles. The van der Waals surface area contributed by atoms with E-state index >= 15 is 0 Å². The smallest absolute Gasteiger partial charge is 0.326 e. The van der Waals surface area contributed by atoms with Crippen molar-refractivity contribution in [1.29, 1.82) is 0 Å². The predicted octanol–water partition coefficient (Wildman–Crippen LogP) is 2.36. The van der Waals surface area contributed by atoms with Gasteiger partial charge in [0.15, 0.2) is 0 Å². The maximum Gasteiger partial charge on any atom is 0.326 e. The lowest BCUT2D eigenvalue weighted by Crippen LogP contribution is -2.42. The zero-order valence-corrected chi connectivity index (χ0v) is 9.06. The molecule has 0 spiro atoms. The van der Waals surface area contributed by atoms with Crippen molar-refractivity contribution in [2.24, 2.45) is 5.92 Å². The highest BCUT2D eigenvalue weighted by Crippen LogP contribution is 2.45. The quantitative estimate of drug-likeness (QED) is 0.732. The molecule has 3 nitrogen and oxygen atoms in total. The molecule has 1 aliphatic carbocycles. The van der Waals surface area contributed by atoms with Crippen LogP contribution >= 0.6 is 0 Å². The van der Waals surface area contributed by atoms with Crippen LogP contribution in [0.15, 0.2) is 30.4 Å². The van der Waals surface area contributed by atoms with Gasteiger partial charge in [-0.2, -0.15) is 0 Å². The van der Waals surface area contributed by atoms with Gasteiger partial charge < -0.3 is 10.4 Å². The first-order valence-corrected chi connectivity index (χ1v) is 5.63. The number of carbonyl (C=O) groups is 1. The van der Waals surface area contributed by atoms with E-state index in [4.69, 9.17) is 0 Å². The normalized spacial score (nSPS) is 29.4. The molecule has 88 valence electrons. The number of fused-ring (bicyclic) bond motifs is 3. The van der Waals surface area contributed by atoms with E-state index in [0.717, 1.165) is 12.0 Å². The Labute approximate surface area is 98.0 Å². The Balaban J connectivity index is 2.12. The van der Waals surface area contributed by atoms with Crippen molar-refractivity contribution in [2.75, 3.05) is 5.32 Å². The van der Waals surface area contributed by atoms with Gasteiger partial charge in [-0.05, 0) is 18.1 Å². The van der Waals surface area contributed by atoms with Crippen molar-refractivity contribution in [3.63, 3.8) is 0 Å². The average molecular weight is 233 g/mol. The lowest BCUT2D eigenvalue weighted by atomic mass is 9.79. The SMILES string of the molecule is O=C(O)[C@@H]1Nc2c(F)cccc2[C@H]2C=CC[C@@H]21. The van der Waals surface area contributed by atoms with Crippen LogP contribution in [0.2, 0.25) is 0 Å². The van der Waals surface area contributed by atoms with Gasteiger partial charge in [-0.15, -0.1) is 0 Å². The summed E-state index contributed by atoms with van der Waals surface area (Å²) in [5.74, 6) is -1.30. The highest BCUT2D eigenvalue weighted by Gasteiger charge is 2.41. The molecule has 0 aromatic heterocycles. The van der Waals surface area contributed by atoms with Gasteiger partial charge in [0.25, 0.3) is 0 Å². The Morgan fingerprint density at radius 3 is 3.06 bits per heavy atom. The van der Waals surface area contributed by atoms with E-state index in [9.17, 15) is 14.3 Å². The second-order valence-electron chi connectivity index (χ2n) is 4.52. The molecule has 4 heteroatoms. The molecule has 17 heavy (non-hydrogen) atoms. The number of para-hydroxylation sites is 1. The van der Waals surface area contributed by atoms with Crippen molar-refractivity contribution in [2.45, 2.75) is 18.4 Å². The van der Waals surface area contributed by atoms with Crippen molar-refractivity contribution < 1.29 is 14.3 Å². The van der Waals surface area contributed by atoms with Crippen LogP contribution in [0.25, 0.3) is 0 Å². The predicted molar refractivity (Wildman–Crippen MR) is 61.4 cm³/mol. The van der Waals surface area contributed by atoms with E-state index in [1.165, 1.54) is 6.07 Å². The summed E-state index contributed by atoms with van der Waals surface area (Å²) in [7, 11) is 0. The molecule has 1 aromatic rings. The van der Waals surface area contributed by atoms with Crippen LogP contribution in [0.5, 0.6) is 0 Å². The van der Waals surface area contributed by atoms with Gasteiger partial charge in [-0.25, -0.2) is 9.18 Å². The summed E-state index contributed by atoms with van der Waals surface area (Å²) in [6.45, 7) is 0. The largest absolute Gasteiger partial charge is 0.480 e. The van der Waals surface area contributed by atoms with Gasteiger partial charge in [-0.1, -0.05) is 24.3 Å². The van der Waals surface area contributed by atoms with E-state index < -0.39 is 12.0 Å². The van der Waals surface area contributed by atoms with Crippen molar-refractivity contribution in [3.8, 4) is 0 Å². The molecular formula is C13H12FNO2. The number of carboxylic acid groups (broad SMARTS) is 1. The fourth-order valence-corrected chi connectivity index (χ4v) is 2.83. The number of hydrogen-bond acceptors (Lipinski definition) is 2. The maximum atomic E-state index is 13.7. The fourth-order valence-electron chi connectivity index (χ4n) is 2.83. The first kappa shape index (κ1) is 10.3. The van der Waals surface area contributed by atoms with E-state index in [1.54, 1.807) is 6.07 Å². The summed E-state index contributed by atoms with van der Waals surface area (Å²) in [5.41, 5.74) is 1.20. The fraction of sp³-hybridized carbons (Fsp3) is 0.308. The van der Waals surface area contributed by atoms with Gasteiger partial charge in [0.05, 0.1) is 5.69 Å². The number of halogens is 1. The summed E-state index contributed by atoms with van der Waals surface area (Å²) >= 11 is 0. The van der Waals surface area contributed by atoms with Crippen LogP contribution in [0, 0.1) is 11.7 Å². The molecule has 0 radical (unpaired) electrons. The molecule has 2 aliphatic rings. The topological polar surface area (TPSA) is 49.3 Å². The molecule has 0 saturated carbocycles. The molecule has 1 heterocycles. The molecular weight excluding hydrogens is 221 g/mol. The Morgan fingerprint density at radius 2 is 2.29 bits per heavy atom. The molecule has 0 amide bonds. The van der Waals surface area contributed by atoms with Gasteiger partial charge in [0, 0.05) is 11.8 Å². The van der Waals surface area contributed by atoms with Crippen molar-refractivity contribution in [3.05, 3.63) is 41.7 Å². The summed E-state index contributed by atoms with van der Waals surface area (Å²) in [6.07, 6.45) is 4.69. The molecule has 3 atom stereocenters. The van der Waals surface area contributed by atoms with Crippen LogP contribution in [-0.2, 0) is 4.79 Å². The molecule has 1 aromatic carbocycles. The van der Waals surface area contributed by atoms with Crippen LogP contribution in [0.4, 0.5) is 10.1 Å². The van der Waals surface area contributed by atoms with E-state index in [0.29, 0.717) is 5.69 Å². The van der Waals surface area contributed by atoms with Crippen LogP contribution in [-0.4, -0.2) is 17.1 Å². The van der Waals surface area contributed by atoms with E-state index in [1.807, 2.05) is 18.2 Å². The third kappa shape index (κ3) is 1.44. The molecule has 3 rings (SSSR count). The molecule has 0 fully saturated rings. The standard InChI is InChI=1S/C13H12FNO2/c14-10-6-2-5-8-7-3-1-4-9(7)12(13(16)17)15-11(8)10/h1-3,5-7,9,12,15H,4H2,(H,16,17)/t7-,9+,12-/m1/s1. The van der Waals surface area contributed by atoms with Gasteiger partial charge in [0.2, 0.25) is 0 Å². The number of hydrogen-bond donors (Lipinski definition) is 2. The maximum absolute atomic E-state index is 13.7. The minimum absolute atomic E-state index is 0.0122. The average Bonchev–Trinajstić information content (AvgIpc) is 2.77. The summed E-state index contributed by atoms with van der Waals surface area (Å²) in [4.78, 5) is 11.2. The Hall–Kier alpha value is -1.84. The third-order valence-electron chi connectivity index (χ3n) is 3.61. The van der Waals surface area contributed by atoms with Gasteiger partial charge in [0.1, 0.15) is 11.9 Å². The number of nitrogens with one attached hydrogen (secondary N) is 1. The highest BCUT2D eigenvalue weighted by atomic mass is 19.1. The molecule has 0 unspecified atom stereocenters. The summed E-state index contributed by atoms with van der Waals surface area (Å²) in [6, 6.07) is 4.17. The lowest BCUT2D eigenvalue weighted by molar-refractivity contribution is -0.139. The Kier molecular flexibility index (Phi) is 2.18. The van der Waals surface area contributed by atoms with Crippen LogP contribution in [0.3, 0.4) is 0 Å². The monoisotopic (exact) mass is 233 g/mol. The number of benzene rings is 1. The second-order valence-corrected chi connectivity index (χ2v) is 4.52. The summed E-state index contributed by atoms with van der Waals surface area (Å²) in [5, 5.41) is 12.0. The third-order valence-corrected chi connectivity index (χ3v) is 3.61. The van der Waals surface area contributed by atoms with Crippen molar-refractivity contribution >= 4 is 11.7 Å².